The van der Waals surface area contributed by atoms with Crippen molar-refractivity contribution in [2.24, 2.45) is 10.8 Å². The van der Waals surface area contributed by atoms with Crippen LogP contribution >= 0.6 is 0 Å². The van der Waals surface area contributed by atoms with Crippen LogP contribution in [0.4, 0.5) is 0 Å². The molecule has 1 N–H and O–H groups in total. The maximum Gasteiger partial charge on any atom is 0.333 e. The number of hydrogen-bond acceptors (Lipinski definition) is 9. The molecule has 0 aromatic carbocycles. The van der Waals surface area contributed by atoms with Gasteiger partial charge in [-0.05, 0) is 47.5 Å². The van der Waals surface area contributed by atoms with E-state index in [1.54, 1.807) is 20.8 Å². The third-order valence-electron chi connectivity index (χ3n) is 4.89. The molecular formula is C24H40O10. The molecule has 0 aliphatic heterocycles. The van der Waals surface area contributed by atoms with Gasteiger partial charge in [-0.15, -0.1) is 0 Å². The summed E-state index contributed by atoms with van der Waals surface area (Å²) in [6, 6.07) is 0. The van der Waals surface area contributed by atoms with Gasteiger partial charge in [0, 0.05) is 5.57 Å². The predicted molar refractivity (Wildman–Crippen MR) is 124 cm³/mol. The fourth-order valence-electron chi connectivity index (χ4n) is 1.64. The van der Waals surface area contributed by atoms with E-state index in [-0.39, 0.29) is 51.2 Å². The van der Waals surface area contributed by atoms with Crippen molar-refractivity contribution < 1.29 is 48.0 Å². The maximum atomic E-state index is 11.5. The number of rotatable bonds is 14. The molecule has 0 saturated heterocycles. The molecule has 0 bridgehead atoms. The molecule has 34 heavy (non-hydrogen) atoms. The van der Waals surface area contributed by atoms with Crippen molar-refractivity contribution in [1.29, 1.82) is 0 Å². The van der Waals surface area contributed by atoms with Crippen LogP contribution in [0, 0.1) is 10.8 Å². The molecular weight excluding hydrogens is 448 g/mol. The second-order valence-corrected chi connectivity index (χ2v) is 8.78. The van der Waals surface area contributed by atoms with E-state index < -0.39 is 28.7 Å². The van der Waals surface area contributed by atoms with Gasteiger partial charge in [-0.3, -0.25) is 19.2 Å². The first-order valence-electron chi connectivity index (χ1n) is 11.1. The van der Waals surface area contributed by atoms with E-state index in [1.807, 2.05) is 27.7 Å². The summed E-state index contributed by atoms with van der Waals surface area (Å²) >= 11 is 0. The zero-order valence-electron chi connectivity index (χ0n) is 21.5. The number of carbonyl (C=O) groups excluding carboxylic acids is 4. The van der Waals surface area contributed by atoms with Gasteiger partial charge in [0.1, 0.15) is 26.4 Å². The average Bonchev–Trinajstić information content (AvgIpc) is 2.77. The molecule has 196 valence electrons. The van der Waals surface area contributed by atoms with Gasteiger partial charge in [0.25, 0.3) is 0 Å². The Morgan fingerprint density at radius 2 is 1.09 bits per heavy atom. The largest absolute Gasteiger partial charge is 0.481 e. The van der Waals surface area contributed by atoms with Gasteiger partial charge in [0.15, 0.2) is 0 Å². The molecule has 0 aromatic heterocycles. The van der Waals surface area contributed by atoms with Gasteiger partial charge in [-0.25, -0.2) is 4.79 Å². The summed E-state index contributed by atoms with van der Waals surface area (Å²) in [5.74, 6) is -2.75. The normalized spacial score (nSPS) is 10.8. The minimum Gasteiger partial charge on any atom is -0.481 e. The first-order valence-corrected chi connectivity index (χ1v) is 11.1. The van der Waals surface area contributed by atoms with E-state index in [0.717, 1.165) is 0 Å². The number of hydrogen-bond donors (Lipinski definition) is 1. The molecule has 0 aliphatic rings. The highest BCUT2D eigenvalue weighted by atomic mass is 16.6. The topological polar surface area (TPSA) is 142 Å². The Labute approximate surface area is 202 Å². The monoisotopic (exact) mass is 488 g/mol. The zero-order valence-corrected chi connectivity index (χ0v) is 21.5. The molecule has 0 amide bonds. The van der Waals surface area contributed by atoms with Crippen LogP contribution in [0.3, 0.4) is 0 Å². The molecule has 0 aliphatic carbocycles. The Morgan fingerprint density at radius 1 is 0.706 bits per heavy atom. The first kappa shape index (κ1) is 33.3. The van der Waals surface area contributed by atoms with Crippen LogP contribution in [0.2, 0.25) is 0 Å². The quantitative estimate of drug-likeness (QED) is 0.167. The summed E-state index contributed by atoms with van der Waals surface area (Å²) in [4.78, 5) is 55.2. The lowest BCUT2D eigenvalue weighted by molar-refractivity contribution is -0.159. The number of aliphatic carboxylic acids is 1. The fraction of sp³-hybridized carbons (Fsp3) is 0.708. The molecule has 0 fully saturated rings. The van der Waals surface area contributed by atoms with E-state index in [2.05, 4.69) is 6.58 Å². The van der Waals surface area contributed by atoms with Crippen molar-refractivity contribution in [2.45, 2.75) is 74.1 Å². The molecule has 0 rings (SSSR count). The lowest BCUT2D eigenvalue weighted by Gasteiger charge is -2.20. The zero-order chi connectivity index (χ0) is 26.9. The minimum atomic E-state index is -1.05. The van der Waals surface area contributed by atoms with Gasteiger partial charge in [-0.2, -0.15) is 0 Å². The van der Waals surface area contributed by atoms with Crippen LogP contribution in [-0.2, 0) is 42.9 Å². The van der Waals surface area contributed by atoms with Crippen LogP contribution in [0.5, 0.6) is 0 Å². The molecule has 10 nitrogen and oxygen atoms in total. The molecule has 0 saturated carbocycles. The summed E-state index contributed by atoms with van der Waals surface area (Å²) in [7, 11) is 0. The SMILES string of the molecule is C=C(C)C(=O)OCCOC(=O)C(C)(C)CC.CCC(C)(C)C(=O)OCCOC(=O)CCC(=O)O. The van der Waals surface area contributed by atoms with Crippen LogP contribution in [0.1, 0.15) is 74.1 Å². The van der Waals surface area contributed by atoms with Crippen molar-refractivity contribution in [3.05, 3.63) is 12.2 Å². The Morgan fingerprint density at radius 3 is 1.44 bits per heavy atom. The van der Waals surface area contributed by atoms with E-state index in [4.69, 9.17) is 24.1 Å². The highest BCUT2D eigenvalue weighted by Gasteiger charge is 2.27. The molecule has 10 heteroatoms. The fourth-order valence-corrected chi connectivity index (χ4v) is 1.64. The highest BCUT2D eigenvalue weighted by Crippen LogP contribution is 2.21. The average molecular weight is 489 g/mol. The summed E-state index contributed by atoms with van der Waals surface area (Å²) < 4.78 is 19.4. The van der Waals surface area contributed by atoms with Gasteiger partial charge < -0.3 is 24.1 Å². The lowest BCUT2D eigenvalue weighted by Crippen LogP contribution is -2.27. The minimum absolute atomic E-state index is 0.0128. The van der Waals surface area contributed by atoms with E-state index in [1.165, 1.54) is 0 Å². The van der Waals surface area contributed by atoms with E-state index in [9.17, 15) is 24.0 Å². The first-order chi connectivity index (χ1) is 15.6. The maximum absolute atomic E-state index is 11.5. The van der Waals surface area contributed by atoms with Crippen molar-refractivity contribution in [2.75, 3.05) is 26.4 Å². The summed E-state index contributed by atoms with van der Waals surface area (Å²) in [6.45, 7) is 16.1. The Kier molecular flexibility index (Phi) is 16.3. The molecule has 0 unspecified atom stereocenters. The Bertz CT molecular complexity index is 707. The van der Waals surface area contributed by atoms with Crippen molar-refractivity contribution in [3.8, 4) is 0 Å². The third kappa shape index (κ3) is 15.8. The molecule has 0 aromatic rings. The standard InChI is InChI=1S/C12H20O6.C12H20O4/c1-4-12(2,3)11(16)18-8-7-17-10(15)6-5-9(13)14;1-6-12(4,5)11(14)16-8-7-15-10(13)9(2)3/h4-8H2,1-3H3,(H,13,14);2,6-8H2,1,3-5H3. The summed E-state index contributed by atoms with van der Waals surface area (Å²) in [5.41, 5.74) is -0.703. The van der Waals surface area contributed by atoms with E-state index in [0.29, 0.717) is 18.4 Å². The van der Waals surface area contributed by atoms with Gasteiger partial charge in [0.05, 0.1) is 23.7 Å². The molecule has 0 heterocycles. The Balaban J connectivity index is 0. The van der Waals surface area contributed by atoms with Crippen LogP contribution in [0.15, 0.2) is 12.2 Å². The number of ether oxygens (including phenoxy) is 4. The summed E-state index contributed by atoms with van der Waals surface area (Å²) in [6.07, 6.45) is 0.923. The lowest BCUT2D eigenvalue weighted by atomic mass is 9.91. The number of carbonyl (C=O) groups is 5. The van der Waals surface area contributed by atoms with E-state index >= 15 is 0 Å². The van der Waals surface area contributed by atoms with Crippen LogP contribution in [0.25, 0.3) is 0 Å². The number of carboxylic acids is 1. The molecule has 0 radical (unpaired) electrons. The number of esters is 4. The predicted octanol–water partition coefficient (Wildman–Crippen LogP) is 3.46. The van der Waals surface area contributed by atoms with Crippen LogP contribution < -0.4 is 0 Å². The van der Waals surface area contributed by atoms with Crippen molar-refractivity contribution in [1.82, 2.24) is 0 Å². The molecule has 0 spiro atoms. The highest BCUT2D eigenvalue weighted by molar-refractivity contribution is 5.86. The van der Waals surface area contributed by atoms with Crippen molar-refractivity contribution in [3.63, 3.8) is 0 Å². The second-order valence-electron chi connectivity index (χ2n) is 8.78. The van der Waals surface area contributed by atoms with Gasteiger partial charge in [-0.1, -0.05) is 20.4 Å². The number of carboxylic acid groups (broad SMARTS) is 1. The second kappa shape index (κ2) is 16.7. The van der Waals surface area contributed by atoms with Gasteiger partial charge in [0.2, 0.25) is 0 Å². The van der Waals surface area contributed by atoms with Crippen LogP contribution in [-0.4, -0.2) is 61.4 Å². The third-order valence-corrected chi connectivity index (χ3v) is 4.89. The molecule has 0 atom stereocenters. The Hall–Kier alpha value is -2.91. The summed E-state index contributed by atoms with van der Waals surface area (Å²) in [5, 5.41) is 8.35. The van der Waals surface area contributed by atoms with Crippen molar-refractivity contribution >= 4 is 29.8 Å². The van der Waals surface area contributed by atoms with Gasteiger partial charge >= 0.3 is 29.8 Å². The smallest absolute Gasteiger partial charge is 0.333 e.